The van der Waals surface area contributed by atoms with Gasteiger partial charge in [-0.2, -0.15) is 4.31 Å². The van der Waals surface area contributed by atoms with Crippen molar-refractivity contribution in [1.29, 1.82) is 0 Å². The Kier molecular flexibility index (Phi) is 7.30. The maximum atomic E-state index is 13.0. The number of piperidine rings is 2. The Hall–Kier alpha value is -1.80. The van der Waals surface area contributed by atoms with E-state index in [2.05, 4.69) is 10.2 Å². The second kappa shape index (κ2) is 10.00. The normalized spacial score (nSPS) is 18.5. The van der Waals surface area contributed by atoms with Gasteiger partial charge in [0.1, 0.15) is 0 Å². The van der Waals surface area contributed by atoms with Crippen LogP contribution in [0, 0.1) is 5.92 Å². The van der Waals surface area contributed by atoms with Crippen LogP contribution in [0.4, 0.5) is 11.4 Å². The van der Waals surface area contributed by atoms with E-state index in [-0.39, 0.29) is 16.7 Å². The Balaban J connectivity index is 1.41. The Morgan fingerprint density at radius 2 is 1.50 bits per heavy atom. The molecular formula is C23H27Cl2N3O3S. The van der Waals surface area contributed by atoms with E-state index in [1.54, 1.807) is 18.2 Å². The fourth-order valence-corrected chi connectivity index (χ4v) is 6.14. The van der Waals surface area contributed by atoms with Gasteiger partial charge in [0.25, 0.3) is 0 Å². The van der Waals surface area contributed by atoms with Crippen LogP contribution in [0.5, 0.6) is 0 Å². The third kappa shape index (κ3) is 5.22. The molecule has 2 saturated heterocycles. The molecule has 2 aromatic carbocycles. The van der Waals surface area contributed by atoms with Gasteiger partial charge in [-0.1, -0.05) is 23.2 Å². The molecule has 0 saturated carbocycles. The van der Waals surface area contributed by atoms with Crippen molar-refractivity contribution in [2.45, 2.75) is 37.0 Å². The first-order chi connectivity index (χ1) is 15.3. The zero-order chi connectivity index (χ0) is 22.7. The highest BCUT2D eigenvalue weighted by atomic mass is 35.5. The quantitative estimate of drug-likeness (QED) is 0.631. The van der Waals surface area contributed by atoms with Crippen LogP contribution in [0.15, 0.2) is 47.4 Å². The Morgan fingerprint density at radius 3 is 2.16 bits per heavy atom. The molecule has 2 aromatic rings. The minimum atomic E-state index is -3.59. The molecule has 0 aromatic heterocycles. The third-order valence-electron chi connectivity index (χ3n) is 6.19. The van der Waals surface area contributed by atoms with E-state index in [9.17, 15) is 13.2 Å². The maximum Gasteiger partial charge on any atom is 0.243 e. The van der Waals surface area contributed by atoms with E-state index in [1.165, 1.54) is 22.9 Å². The molecule has 2 fully saturated rings. The molecule has 2 aliphatic heterocycles. The summed E-state index contributed by atoms with van der Waals surface area (Å²) in [6, 6.07) is 11.8. The summed E-state index contributed by atoms with van der Waals surface area (Å²) in [7, 11) is -3.59. The molecule has 1 amide bonds. The van der Waals surface area contributed by atoms with Crippen LogP contribution < -0.4 is 10.2 Å². The van der Waals surface area contributed by atoms with Gasteiger partial charge in [0.2, 0.25) is 15.9 Å². The van der Waals surface area contributed by atoms with Crippen LogP contribution in [0.1, 0.15) is 32.1 Å². The van der Waals surface area contributed by atoms with Gasteiger partial charge in [0.05, 0.1) is 16.3 Å². The van der Waals surface area contributed by atoms with E-state index >= 15 is 0 Å². The molecule has 0 bridgehead atoms. The van der Waals surface area contributed by atoms with Crippen LogP contribution in [-0.2, 0) is 14.8 Å². The van der Waals surface area contributed by atoms with E-state index < -0.39 is 10.0 Å². The summed E-state index contributed by atoms with van der Waals surface area (Å²) >= 11 is 12.1. The molecular weight excluding hydrogens is 469 g/mol. The zero-order valence-electron chi connectivity index (χ0n) is 17.8. The van der Waals surface area contributed by atoms with Crippen LogP contribution in [0.25, 0.3) is 0 Å². The smallest absolute Gasteiger partial charge is 0.243 e. The lowest BCUT2D eigenvalue weighted by Gasteiger charge is -2.32. The highest BCUT2D eigenvalue weighted by Gasteiger charge is 2.32. The summed E-state index contributed by atoms with van der Waals surface area (Å²) in [4.78, 5) is 15.5. The van der Waals surface area contributed by atoms with Crippen molar-refractivity contribution in [3.63, 3.8) is 0 Å². The molecule has 172 valence electrons. The van der Waals surface area contributed by atoms with Gasteiger partial charge in [0, 0.05) is 42.1 Å². The van der Waals surface area contributed by atoms with Crippen LogP contribution >= 0.6 is 23.2 Å². The van der Waals surface area contributed by atoms with Crippen molar-refractivity contribution >= 4 is 50.5 Å². The van der Waals surface area contributed by atoms with E-state index in [1.807, 2.05) is 12.1 Å². The number of hydrogen-bond acceptors (Lipinski definition) is 4. The summed E-state index contributed by atoms with van der Waals surface area (Å²) in [6.07, 6.45) is 4.44. The minimum absolute atomic E-state index is 0.0888. The van der Waals surface area contributed by atoms with Crippen molar-refractivity contribution in [2.24, 2.45) is 5.92 Å². The van der Waals surface area contributed by atoms with Gasteiger partial charge in [0.15, 0.2) is 0 Å². The Morgan fingerprint density at radius 1 is 0.875 bits per heavy atom. The predicted molar refractivity (Wildman–Crippen MR) is 129 cm³/mol. The average molecular weight is 496 g/mol. The number of amides is 1. The zero-order valence-corrected chi connectivity index (χ0v) is 20.1. The lowest BCUT2D eigenvalue weighted by molar-refractivity contribution is -0.120. The number of nitrogens with one attached hydrogen (secondary N) is 1. The highest BCUT2D eigenvalue weighted by Crippen LogP contribution is 2.33. The molecule has 0 aliphatic carbocycles. The predicted octanol–water partition coefficient (Wildman–Crippen LogP) is 5.02. The number of sulfonamides is 1. The molecule has 0 atom stereocenters. The summed E-state index contributed by atoms with van der Waals surface area (Å²) < 4.78 is 27.2. The molecule has 0 radical (unpaired) electrons. The highest BCUT2D eigenvalue weighted by molar-refractivity contribution is 7.89. The summed E-state index contributed by atoms with van der Waals surface area (Å²) in [6.45, 7) is 2.53. The monoisotopic (exact) mass is 495 g/mol. The first-order valence-electron chi connectivity index (χ1n) is 11.0. The SMILES string of the molecule is O=C(Nc1cc(Cl)ccc1N1CCCCC1)C1CCN(S(=O)(=O)c2ccc(Cl)cc2)CC1. The van der Waals surface area contributed by atoms with Crippen LogP contribution in [0.3, 0.4) is 0 Å². The van der Waals surface area contributed by atoms with Crippen molar-refractivity contribution in [1.82, 2.24) is 4.31 Å². The number of halogens is 2. The molecule has 0 unspecified atom stereocenters. The number of carbonyl (C=O) groups excluding carboxylic acids is 1. The van der Waals surface area contributed by atoms with Crippen molar-refractivity contribution < 1.29 is 13.2 Å². The summed E-state index contributed by atoms with van der Waals surface area (Å²) in [5.74, 6) is -0.339. The number of rotatable bonds is 5. The fourth-order valence-electron chi connectivity index (χ4n) is 4.37. The molecule has 9 heteroatoms. The van der Waals surface area contributed by atoms with Gasteiger partial charge >= 0.3 is 0 Å². The molecule has 32 heavy (non-hydrogen) atoms. The topological polar surface area (TPSA) is 69.7 Å². The second-order valence-corrected chi connectivity index (χ2v) is 11.1. The van der Waals surface area contributed by atoms with Gasteiger partial charge < -0.3 is 10.2 Å². The molecule has 0 spiro atoms. The third-order valence-corrected chi connectivity index (χ3v) is 8.59. The fraction of sp³-hybridized carbons (Fsp3) is 0.435. The Bertz CT molecular complexity index is 1060. The molecule has 2 aliphatic rings. The molecule has 4 rings (SSSR count). The van der Waals surface area contributed by atoms with Crippen LogP contribution in [-0.4, -0.2) is 44.8 Å². The van der Waals surface area contributed by atoms with Crippen molar-refractivity contribution in [3.05, 3.63) is 52.5 Å². The van der Waals surface area contributed by atoms with E-state index in [0.717, 1.165) is 37.3 Å². The first-order valence-corrected chi connectivity index (χ1v) is 13.2. The standard InChI is InChI=1S/C23H27Cl2N3O3S/c24-18-4-7-20(8-5-18)32(30,31)28-14-10-17(11-15-28)23(29)26-21-16-19(25)6-9-22(21)27-12-2-1-3-13-27/h4-9,16-17H,1-3,10-15H2,(H,26,29). The van der Waals surface area contributed by atoms with E-state index in [4.69, 9.17) is 23.2 Å². The van der Waals surface area contributed by atoms with Gasteiger partial charge in [-0.3, -0.25) is 4.79 Å². The summed E-state index contributed by atoms with van der Waals surface area (Å²) in [5, 5.41) is 4.13. The lowest BCUT2D eigenvalue weighted by atomic mass is 9.97. The van der Waals surface area contributed by atoms with Crippen molar-refractivity contribution in [3.8, 4) is 0 Å². The number of benzene rings is 2. The minimum Gasteiger partial charge on any atom is -0.370 e. The summed E-state index contributed by atoms with van der Waals surface area (Å²) in [5.41, 5.74) is 1.71. The average Bonchev–Trinajstić information content (AvgIpc) is 2.80. The maximum absolute atomic E-state index is 13.0. The second-order valence-electron chi connectivity index (χ2n) is 8.33. The number of anilines is 2. The first kappa shape index (κ1) is 23.4. The number of hydrogen-bond donors (Lipinski definition) is 1. The molecule has 1 N–H and O–H groups in total. The van der Waals surface area contributed by atoms with Gasteiger partial charge in [-0.15, -0.1) is 0 Å². The lowest BCUT2D eigenvalue weighted by Crippen LogP contribution is -2.41. The van der Waals surface area contributed by atoms with Gasteiger partial charge in [-0.05, 0) is 74.6 Å². The Labute approximate surface area is 199 Å². The number of carbonyl (C=O) groups is 1. The van der Waals surface area contributed by atoms with Crippen molar-refractivity contribution in [2.75, 3.05) is 36.4 Å². The van der Waals surface area contributed by atoms with E-state index in [0.29, 0.717) is 36.0 Å². The van der Waals surface area contributed by atoms with Crippen LogP contribution in [0.2, 0.25) is 10.0 Å². The number of nitrogens with zero attached hydrogens (tertiary/aromatic N) is 2. The molecule has 6 nitrogen and oxygen atoms in total. The van der Waals surface area contributed by atoms with Gasteiger partial charge in [-0.25, -0.2) is 8.42 Å². The molecule has 2 heterocycles. The largest absolute Gasteiger partial charge is 0.370 e.